The second-order valence-corrected chi connectivity index (χ2v) is 2.38. The van der Waals surface area contributed by atoms with Gasteiger partial charge in [-0.05, 0) is 6.08 Å². The van der Waals surface area contributed by atoms with Gasteiger partial charge in [-0.1, -0.05) is 0 Å². The Morgan fingerprint density at radius 1 is 1.50 bits per heavy atom. The number of esters is 1. The van der Waals surface area contributed by atoms with Gasteiger partial charge in [0.15, 0.2) is 0 Å². The summed E-state index contributed by atoms with van der Waals surface area (Å²) in [4.78, 5) is 36.6. The van der Waals surface area contributed by atoms with E-state index in [9.17, 15) is 14.4 Å². The Balaban J connectivity index is 2.99. The van der Waals surface area contributed by atoms with E-state index in [1.165, 1.54) is 19.4 Å². The molecule has 6 heteroatoms. The lowest BCUT2D eigenvalue weighted by Crippen LogP contribution is -2.22. The molecule has 0 aliphatic rings. The van der Waals surface area contributed by atoms with Crippen LogP contribution in [0.2, 0.25) is 0 Å². The van der Waals surface area contributed by atoms with Crippen molar-refractivity contribution in [2.75, 3.05) is 7.11 Å². The lowest BCUT2D eigenvalue weighted by Gasteiger charge is -1.90. The molecule has 0 aliphatic carbocycles. The standard InChI is InChI=1S/C8H8N2O4/c1-14-6(11)3-2-5-4-9-8(13)10-7(5)12/h2-4H,1H3,(H2,9,10,12,13). The zero-order chi connectivity index (χ0) is 10.6. The van der Waals surface area contributed by atoms with Crippen LogP contribution in [0.3, 0.4) is 0 Å². The van der Waals surface area contributed by atoms with Gasteiger partial charge in [0, 0.05) is 12.3 Å². The van der Waals surface area contributed by atoms with Gasteiger partial charge in [0.05, 0.1) is 12.7 Å². The van der Waals surface area contributed by atoms with Crippen LogP contribution in [0.5, 0.6) is 0 Å². The highest BCUT2D eigenvalue weighted by molar-refractivity contribution is 5.86. The van der Waals surface area contributed by atoms with Crippen LogP contribution in [0.15, 0.2) is 21.9 Å². The van der Waals surface area contributed by atoms with E-state index in [2.05, 4.69) is 9.72 Å². The van der Waals surface area contributed by atoms with Crippen molar-refractivity contribution in [3.05, 3.63) is 38.7 Å². The van der Waals surface area contributed by atoms with E-state index >= 15 is 0 Å². The molecule has 6 nitrogen and oxygen atoms in total. The topological polar surface area (TPSA) is 92.0 Å². The first-order chi connectivity index (χ1) is 6.63. The number of aromatic amines is 2. The van der Waals surface area contributed by atoms with E-state index in [1.54, 1.807) is 0 Å². The maximum atomic E-state index is 11.1. The molecule has 0 unspecified atom stereocenters. The van der Waals surface area contributed by atoms with Crippen LogP contribution in [-0.2, 0) is 9.53 Å². The number of H-pyrrole nitrogens is 2. The lowest BCUT2D eigenvalue weighted by atomic mass is 10.3. The number of ether oxygens (including phenoxy) is 1. The number of carbonyl (C=O) groups is 1. The van der Waals surface area contributed by atoms with Crippen LogP contribution >= 0.6 is 0 Å². The molecule has 2 N–H and O–H groups in total. The van der Waals surface area contributed by atoms with Crippen molar-refractivity contribution in [2.45, 2.75) is 0 Å². The molecule has 1 heterocycles. The minimum absolute atomic E-state index is 0.176. The third-order valence-corrected chi connectivity index (χ3v) is 1.45. The van der Waals surface area contributed by atoms with E-state index in [0.717, 1.165) is 6.08 Å². The van der Waals surface area contributed by atoms with Crippen molar-refractivity contribution in [2.24, 2.45) is 0 Å². The van der Waals surface area contributed by atoms with E-state index in [0.29, 0.717) is 0 Å². The number of nitrogens with one attached hydrogen (secondary N) is 2. The molecular formula is C8H8N2O4. The maximum absolute atomic E-state index is 11.1. The predicted molar refractivity (Wildman–Crippen MR) is 48.7 cm³/mol. The van der Waals surface area contributed by atoms with Crippen molar-refractivity contribution >= 4 is 12.0 Å². The second kappa shape index (κ2) is 4.22. The van der Waals surface area contributed by atoms with E-state index < -0.39 is 17.2 Å². The summed E-state index contributed by atoms with van der Waals surface area (Å²) in [7, 11) is 1.23. The lowest BCUT2D eigenvalue weighted by molar-refractivity contribution is -0.134. The molecule has 0 radical (unpaired) electrons. The minimum atomic E-state index is -0.592. The van der Waals surface area contributed by atoms with Gasteiger partial charge < -0.3 is 9.72 Å². The maximum Gasteiger partial charge on any atom is 0.330 e. The zero-order valence-corrected chi connectivity index (χ0v) is 7.37. The highest BCUT2D eigenvalue weighted by Gasteiger charge is 1.96. The van der Waals surface area contributed by atoms with E-state index in [4.69, 9.17) is 0 Å². The molecule has 0 bridgehead atoms. The first kappa shape index (κ1) is 9.97. The van der Waals surface area contributed by atoms with Crippen molar-refractivity contribution in [3.8, 4) is 0 Å². The number of hydrogen-bond acceptors (Lipinski definition) is 4. The summed E-state index contributed by atoms with van der Waals surface area (Å²) < 4.78 is 4.33. The Labute approximate surface area is 78.2 Å². The van der Waals surface area contributed by atoms with Gasteiger partial charge in [-0.2, -0.15) is 0 Å². The fraction of sp³-hybridized carbons (Fsp3) is 0.125. The molecule has 1 aromatic rings. The predicted octanol–water partition coefficient (Wildman–Crippen LogP) is -0.751. The SMILES string of the molecule is COC(=O)C=Cc1c[nH]c(=O)[nH]c1=O. The molecule has 0 saturated carbocycles. The smallest absolute Gasteiger partial charge is 0.330 e. The Hall–Kier alpha value is -2.11. The molecular weight excluding hydrogens is 188 g/mol. The summed E-state index contributed by atoms with van der Waals surface area (Å²) in [5.74, 6) is -0.574. The van der Waals surface area contributed by atoms with Gasteiger partial charge in [0.2, 0.25) is 0 Å². The molecule has 0 amide bonds. The Kier molecular flexibility index (Phi) is 3.01. The first-order valence-corrected chi connectivity index (χ1v) is 3.71. The number of hydrogen-bond donors (Lipinski definition) is 2. The van der Waals surface area contributed by atoms with Gasteiger partial charge >= 0.3 is 11.7 Å². The largest absolute Gasteiger partial charge is 0.466 e. The second-order valence-electron chi connectivity index (χ2n) is 2.38. The summed E-state index contributed by atoms with van der Waals surface area (Å²) in [6, 6.07) is 0. The molecule has 14 heavy (non-hydrogen) atoms. The van der Waals surface area contributed by atoms with Gasteiger partial charge in [-0.25, -0.2) is 9.59 Å². The quantitative estimate of drug-likeness (QED) is 0.480. The van der Waals surface area contributed by atoms with Crippen molar-refractivity contribution in [3.63, 3.8) is 0 Å². The van der Waals surface area contributed by atoms with Crippen molar-refractivity contribution < 1.29 is 9.53 Å². The summed E-state index contributed by atoms with van der Waals surface area (Å²) >= 11 is 0. The van der Waals surface area contributed by atoms with Crippen LogP contribution in [0.4, 0.5) is 0 Å². The third kappa shape index (κ3) is 2.44. The van der Waals surface area contributed by atoms with Gasteiger partial charge in [0.25, 0.3) is 5.56 Å². The molecule has 1 aromatic heterocycles. The number of carbonyl (C=O) groups excluding carboxylic acids is 1. The molecule has 0 spiro atoms. The molecule has 0 aromatic carbocycles. The highest BCUT2D eigenvalue weighted by Crippen LogP contribution is 1.89. The van der Waals surface area contributed by atoms with Gasteiger partial charge in [0.1, 0.15) is 0 Å². The Bertz CT molecular complexity index is 469. The molecule has 0 saturated heterocycles. The molecule has 74 valence electrons. The average molecular weight is 196 g/mol. The van der Waals surface area contributed by atoms with Crippen molar-refractivity contribution in [1.82, 2.24) is 9.97 Å². The van der Waals surface area contributed by atoms with E-state index in [1.807, 2.05) is 4.98 Å². The number of aromatic nitrogens is 2. The molecule has 0 fully saturated rings. The fourth-order valence-corrected chi connectivity index (χ4v) is 0.770. The van der Waals surface area contributed by atoms with Gasteiger partial charge in [-0.3, -0.25) is 9.78 Å². The van der Waals surface area contributed by atoms with Crippen LogP contribution in [0.1, 0.15) is 5.56 Å². The Morgan fingerprint density at radius 2 is 2.21 bits per heavy atom. The summed E-state index contributed by atoms with van der Waals surface area (Å²) in [6.45, 7) is 0. The first-order valence-electron chi connectivity index (χ1n) is 3.71. The third-order valence-electron chi connectivity index (χ3n) is 1.45. The van der Waals surface area contributed by atoms with Crippen LogP contribution in [0, 0.1) is 0 Å². The normalized spacial score (nSPS) is 10.4. The summed E-state index contributed by atoms with van der Waals surface area (Å²) in [5, 5.41) is 0. The minimum Gasteiger partial charge on any atom is -0.466 e. The van der Waals surface area contributed by atoms with Gasteiger partial charge in [-0.15, -0.1) is 0 Å². The van der Waals surface area contributed by atoms with Crippen LogP contribution < -0.4 is 11.2 Å². The fourth-order valence-electron chi connectivity index (χ4n) is 0.770. The number of methoxy groups -OCH3 is 1. The average Bonchev–Trinajstić information content (AvgIpc) is 2.16. The Morgan fingerprint density at radius 3 is 2.79 bits per heavy atom. The summed E-state index contributed by atoms with van der Waals surface area (Å²) in [5.41, 5.74) is -0.978. The monoisotopic (exact) mass is 196 g/mol. The number of rotatable bonds is 2. The molecule has 1 rings (SSSR count). The molecule has 0 atom stereocenters. The van der Waals surface area contributed by atoms with Crippen LogP contribution in [0.25, 0.3) is 6.08 Å². The van der Waals surface area contributed by atoms with E-state index in [-0.39, 0.29) is 5.56 Å². The summed E-state index contributed by atoms with van der Waals surface area (Å²) in [6.07, 6.45) is 3.55. The molecule has 0 aliphatic heterocycles. The zero-order valence-electron chi connectivity index (χ0n) is 7.37. The van der Waals surface area contributed by atoms with Crippen LogP contribution in [-0.4, -0.2) is 23.0 Å². The van der Waals surface area contributed by atoms with Crippen molar-refractivity contribution in [1.29, 1.82) is 0 Å². The highest BCUT2D eigenvalue weighted by atomic mass is 16.5.